The molecule has 0 unspecified atom stereocenters. The number of aromatic nitrogens is 2. The average Bonchev–Trinajstić information content (AvgIpc) is 3.21. The first-order chi connectivity index (χ1) is 13.2. The Hall–Kier alpha value is -3.47. The highest BCUT2D eigenvalue weighted by atomic mass is 16.5. The van der Waals surface area contributed by atoms with Crippen LogP contribution in [0.4, 0.5) is 5.82 Å². The maximum absolute atomic E-state index is 12.8. The molecule has 0 spiro atoms. The number of amides is 1. The number of nitrogens with zero attached hydrogens (tertiary/aromatic N) is 2. The predicted octanol–water partition coefficient (Wildman–Crippen LogP) is 5.09. The van der Waals surface area contributed by atoms with Gasteiger partial charge >= 0.3 is 0 Å². The summed E-state index contributed by atoms with van der Waals surface area (Å²) in [6.07, 6.45) is 3.58. The van der Waals surface area contributed by atoms with Crippen molar-refractivity contribution < 1.29 is 9.32 Å². The van der Waals surface area contributed by atoms with E-state index in [1.54, 1.807) is 6.07 Å². The molecule has 134 valence electrons. The van der Waals surface area contributed by atoms with E-state index >= 15 is 0 Å². The van der Waals surface area contributed by atoms with Gasteiger partial charge < -0.3 is 9.84 Å². The summed E-state index contributed by atoms with van der Waals surface area (Å²) in [6.45, 7) is 2.17. The van der Waals surface area contributed by atoms with Crippen LogP contribution in [0.3, 0.4) is 0 Å². The second-order valence-corrected chi connectivity index (χ2v) is 6.36. The van der Waals surface area contributed by atoms with Crippen LogP contribution in [0.1, 0.15) is 29.3 Å². The summed E-state index contributed by atoms with van der Waals surface area (Å²) in [7, 11) is 0. The Labute approximate surface area is 157 Å². The van der Waals surface area contributed by atoms with Gasteiger partial charge in [0.2, 0.25) is 0 Å². The van der Waals surface area contributed by atoms with Crippen molar-refractivity contribution in [3.8, 4) is 11.3 Å². The van der Waals surface area contributed by atoms with E-state index in [4.69, 9.17) is 9.51 Å². The van der Waals surface area contributed by atoms with Crippen molar-refractivity contribution in [3.63, 3.8) is 0 Å². The first-order valence-electron chi connectivity index (χ1n) is 8.95. The molecule has 1 N–H and O–H groups in total. The van der Waals surface area contributed by atoms with Crippen molar-refractivity contribution >= 4 is 22.6 Å². The lowest BCUT2D eigenvalue weighted by molar-refractivity contribution is 0.102. The Morgan fingerprint density at radius 3 is 2.63 bits per heavy atom. The number of aryl methyl sites for hydroxylation is 1. The van der Waals surface area contributed by atoms with Gasteiger partial charge in [0.05, 0.1) is 16.8 Å². The summed E-state index contributed by atoms with van der Waals surface area (Å²) < 4.78 is 4.79. The number of carbonyl (C=O) groups is 1. The lowest BCUT2D eigenvalue weighted by Gasteiger charge is -2.10. The summed E-state index contributed by atoms with van der Waals surface area (Å²) in [6, 6.07) is 19.4. The zero-order valence-electron chi connectivity index (χ0n) is 15.0. The molecule has 0 aliphatic heterocycles. The number of anilines is 1. The summed E-state index contributed by atoms with van der Waals surface area (Å²) in [5.41, 5.74) is 4.37. The number of hydrogen-bond donors (Lipinski definition) is 1. The molecular formula is C22H19N3O2. The second-order valence-electron chi connectivity index (χ2n) is 6.36. The average molecular weight is 357 g/mol. The normalized spacial score (nSPS) is 10.9. The van der Waals surface area contributed by atoms with Crippen LogP contribution >= 0.6 is 0 Å². The quantitative estimate of drug-likeness (QED) is 0.540. The highest BCUT2D eigenvalue weighted by Gasteiger charge is 2.15. The number of hydrogen-bond acceptors (Lipinski definition) is 4. The Morgan fingerprint density at radius 1 is 1.07 bits per heavy atom. The molecule has 2 heterocycles. The molecule has 4 aromatic rings. The molecule has 5 nitrogen and oxygen atoms in total. The highest BCUT2D eigenvalue weighted by molar-refractivity contribution is 6.12. The van der Waals surface area contributed by atoms with E-state index in [0.717, 1.165) is 35.0 Å². The Bertz CT molecular complexity index is 1070. The first-order valence-corrected chi connectivity index (χ1v) is 8.95. The van der Waals surface area contributed by atoms with Gasteiger partial charge in [0.1, 0.15) is 6.26 Å². The van der Waals surface area contributed by atoms with Crippen molar-refractivity contribution in [1.82, 2.24) is 10.1 Å². The number of fused-ring (bicyclic) bond motifs is 1. The van der Waals surface area contributed by atoms with Gasteiger partial charge in [-0.3, -0.25) is 4.79 Å². The van der Waals surface area contributed by atoms with Crippen LogP contribution in [0.2, 0.25) is 0 Å². The molecule has 0 aliphatic rings. The SMILES string of the molecule is CCCc1ccc(-c2cc(C(=O)Nc3ccon3)c3ccccc3n2)cc1. The fourth-order valence-electron chi connectivity index (χ4n) is 3.10. The lowest BCUT2D eigenvalue weighted by atomic mass is 10.0. The minimum Gasteiger partial charge on any atom is -0.363 e. The molecular weight excluding hydrogens is 338 g/mol. The predicted molar refractivity (Wildman–Crippen MR) is 106 cm³/mol. The number of pyridine rings is 1. The van der Waals surface area contributed by atoms with Crippen molar-refractivity contribution in [2.24, 2.45) is 0 Å². The molecule has 0 aliphatic carbocycles. The van der Waals surface area contributed by atoms with Crippen molar-refractivity contribution in [3.05, 3.63) is 78.1 Å². The molecule has 2 aromatic heterocycles. The molecule has 5 heteroatoms. The fourth-order valence-corrected chi connectivity index (χ4v) is 3.10. The van der Waals surface area contributed by atoms with Crippen LogP contribution in [0, 0.1) is 0 Å². The summed E-state index contributed by atoms with van der Waals surface area (Å²) >= 11 is 0. The van der Waals surface area contributed by atoms with Crippen LogP contribution in [0.15, 0.2) is 71.4 Å². The van der Waals surface area contributed by atoms with Gasteiger partial charge in [-0.2, -0.15) is 0 Å². The third-order valence-electron chi connectivity index (χ3n) is 4.43. The number of para-hydroxylation sites is 1. The molecule has 1 amide bonds. The monoisotopic (exact) mass is 357 g/mol. The standard InChI is InChI=1S/C22H19N3O2/c1-2-5-15-8-10-16(11-9-15)20-14-18(17-6-3-4-7-19(17)23-20)22(26)24-21-12-13-27-25-21/h3-4,6-14H,2,5H2,1H3,(H,24,25,26). The molecule has 0 saturated heterocycles. The van der Waals surface area contributed by atoms with E-state index in [0.29, 0.717) is 11.4 Å². The van der Waals surface area contributed by atoms with E-state index < -0.39 is 0 Å². The van der Waals surface area contributed by atoms with E-state index in [2.05, 4.69) is 41.7 Å². The third-order valence-corrected chi connectivity index (χ3v) is 4.43. The number of rotatable bonds is 5. The van der Waals surface area contributed by atoms with Crippen LogP contribution in [-0.4, -0.2) is 16.0 Å². The van der Waals surface area contributed by atoms with Crippen molar-refractivity contribution in [1.29, 1.82) is 0 Å². The van der Waals surface area contributed by atoms with Crippen LogP contribution in [0.25, 0.3) is 22.2 Å². The zero-order chi connectivity index (χ0) is 18.6. The first kappa shape index (κ1) is 17.0. The summed E-state index contributed by atoms with van der Waals surface area (Å²) in [5, 5.41) is 7.31. The topological polar surface area (TPSA) is 68.0 Å². The smallest absolute Gasteiger partial charge is 0.257 e. The van der Waals surface area contributed by atoms with E-state index in [1.807, 2.05) is 30.3 Å². The van der Waals surface area contributed by atoms with Crippen molar-refractivity contribution in [2.75, 3.05) is 5.32 Å². The molecule has 0 bridgehead atoms. The van der Waals surface area contributed by atoms with Crippen LogP contribution in [0.5, 0.6) is 0 Å². The number of benzene rings is 2. The lowest BCUT2D eigenvalue weighted by Crippen LogP contribution is -2.13. The Balaban J connectivity index is 1.77. The Kier molecular flexibility index (Phi) is 4.66. The molecule has 0 radical (unpaired) electrons. The number of nitrogens with one attached hydrogen (secondary N) is 1. The molecule has 0 fully saturated rings. The molecule has 27 heavy (non-hydrogen) atoms. The zero-order valence-corrected chi connectivity index (χ0v) is 15.0. The maximum Gasteiger partial charge on any atom is 0.257 e. The number of carbonyl (C=O) groups excluding carboxylic acids is 1. The van der Waals surface area contributed by atoms with Gasteiger partial charge in [0.15, 0.2) is 5.82 Å². The highest BCUT2D eigenvalue weighted by Crippen LogP contribution is 2.26. The second kappa shape index (κ2) is 7.41. The maximum atomic E-state index is 12.8. The van der Waals surface area contributed by atoms with Gasteiger partial charge in [-0.25, -0.2) is 4.98 Å². The summed E-state index contributed by atoms with van der Waals surface area (Å²) in [5.74, 6) is 0.137. The van der Waals surface area contributed by atoms with E-state index in [9.17, 15) is 4.79 Å². The molecule has 0 atom stereocenters. The molecule has 0 saturated carbocycles. The van der Waals surface area contributed by atoms with Crippen LogP contribution in [-0.2, 0) is 6.42 Å². The summed E-state index contributed by atoms with van der Waals surface area (Å²) in [4.78, 5) is 17.6. The van der Waals surface area contributed by atoms with Crippen LogP contribution < -0.4 is 5.32 Å². The minimum absolute atomic E-state index is 0.244. The largest absolute Gasteiger partial charge is 0.363 e. The molecule has 4 rings (SSSR count). The van der Waals surface area contributed by atoms with Gasteiger partial charge in [-0.15, -0.1) is 0 Å². The van der Waals surface area contributed by atoms with Gasteiger partial charge in [-0.1, -0.05) is 61.0 Å². The third kappa shape index (κ3) is 3.58. The van der Waals surface area contributed by atoms with Gasteiger partial charge in [-0.05, 0) is 24.1 Å². The van der Waals surface area contributed by atoms with Gasteiger partial charge in [0.25, 0.3) is 5.91 Å². The molecule has 2 aromatic carbocycles. The van der Waals surface area contributed by atoms with Crippen molar-refractivity contribution in [2.45, 2.75) is 19.8 Å². The van der Waals surface area contributed by atoms with E-state index in [1.165, 1.54) is 11.8 Å². The van der Waals surface area contributed by atoms with Gasteiger partial charge in [0, 0.05) is 17.0 Å². The fraction of sp³-hybridized carbons (Fsp3) is 0.136. The Morgan fingerprint density at radius 2 is 1.89 bits per heavy atom. The van der Waals surface area contributed by atoms with E-state index in [-0.39, 0.29) is 5.91 Å². The minimum atomic E-state index is -0.244.